The SMILES string of the molecule is C=C/C=C/CCCCCCCCCCCO. The average Bonchev–Trinajstić information content (AvgIpc) is 2.31. The fourth-order valence-electron chi connectivity index (χ4n) is 1.80. The molecular weight excluding hydrogens is 196 g/mol. The number of rotatable bonds is 12. The van der Waals surface area contributed by atoms with E-state index in [2.05, 4.69) is 12.7 Å². The second-order valence-corrected chi connectivity index (χ2v) is 4.36. The number of allylic oxidation sites excluding steroid dienone is 3. The smallest absolute Gasteiger partial charge is 0.0431 e. The van der Waals surface area contributed by atoms with E-state index in [0.29, 0.717) is 6.61 Å². The monoisotopic (exact) mass is 224 g/mol. The Labute approximate surface area is 101 Å². The molecule has 0 atom stereocenters. The Hall–Kier alpha value is -0.560. The zero-order valence-corrected chi connectivity index (χ0v) is 10.7. The van der Waals surface area contributed by atoms with Crippen LogP contribution in [-0.2, 0) is 0 Å². The molecule has 0 spiro atoms. The van der Waals surface area contributed by atoms with Crippen LogP contribution in [0.3, 0.4) is 0 Å². The third kappa shape index (κ3) is 13.4. The normalized spacial score (nSPS) is 11.1. The minimum atomic E-state index is 0.359. The van der Waals surface area contributed by atoms with Gasteiger partial charge in [0.25, 0.3) is 0 Å². The molecule has 0 aliphatic carbocycles. The minimum Gasteiger partial charge on any atom is -0.396 e. The average molecular weight is 224 g/mol. The van der Waals surface area contributed by atoms with Gasteiger partial charge in [0.1, 0.15) is 0 Å². The van der Waals surface area contributed by atoms with E-state index in [4.69, 9.17) is 5.11 Å². The molecule has 1 heteroatoms. The number of hydrogen-bond acceptors (Lipinski definition) is 1. The Morgan fingerprint density at radius 3 is 1.75 bits per heavy atom. The zero-order valence-electron chi connectivity index (χ0n) is 10.7. The maximum atomic E-state index is 8.62. The van der Waals surface area contributed by atoms with Gasteiger partial charge >= 0.3 is 0 Å². The molecule has 0 radical (unpaired) electrons. The van der Waals surface area contributed by atoms with Crippen molar-refractivity contribution in [1.29, 1.82) is 0 Å². The van der Waals surface area contributed by atoms with Crippen LogP contribution in [0.5, 0.6) is 0 Å². The van der Waals surface area contributed by atoms with E-state index in [9.17, 15) is 0 Å². The van der Waals surface area contributed by atoms with Crippen LogP contribution in [0.15, 0.2) is 24.8 Å². The minimum absolute atomic E-state index is 0.359. The highest BCUT2D eigenvalue weighted by Crippen LogP contribution is 2.10. The highest BCUT2D eigenvalue weighted by Gasteiger charge is 1.91. The van der Waals surface area contributed by atoms with Gasteiger partial charge in [0.05, 0.1) is 0 Å². The van der Waals surface area contributed by atoms with Crippen molar-refractivity contribution in [3.8, 4) is 0 Å². The molecule has 0 aliphatic rings. The fraction of sp³-hybridized carbons (Fsp3) is 0.733. The molecule has 0 aliphatic heterocycles. The Balaban J connectivity index is 2.93. The Bertz CT molecular complexity index is 161. The first-order valence-corrected chi connectivity index (χ1v) is 6.80. The first-order chi connectivity index (χ1) is 7.91. The summed E-state index contributed by atoms with van der Waals surface area (Å²) >= 11 is 0. The van der Waals surface area contributed by atoms with Crippen molar-refractivity contribution in [1.82, 2.24) is 0 Å². The first kappa shape index (κ1) is 15.4. The van der Waals surface area contributed by atoms with Crippen LogP contribution >= 0.6 is 0 Å². The van der Waals surface area contributed by atoms with Crippen molar-refractivity contribution in [2.45, 2.75) is 64.2 Å². The summed E-state index contributed by atoms with van der Waals surface area (Å²) in [6.45, 7) is 4.01. The van der Waals surface area contributed by atoms with Gasteiger partial charge in [-0.1, -0.05) is 69.8 Å². The maximum absolute atomic E-state index is 8.62. The maximum Gasteiger partial charge on any atom is 0.0431 e. The fourth-order valence-corrected chi connectivity index (χ4v) is 1.80. The van der Waals surface area contributed by atoms with E-state index < -0.39 is 0 Å². The van der Waals surface area contributed by atoms with Crippen LogP contribution in [0.25, 0.3) is 0 Å². The van der Waals surface area contributed by atoms with E-state index >= 15 is 0 Å². The van der Waals surface area contributed by atoms with E-state index in [0.717, 1.165) is 6.42 Å². The number of aliphatic hydroxyl groups excluding tert-OH is 1. The van der Waals surface area contributed by atoms with Crippen molar-refractivity contribution >= 4 is 0 Å². The van der Waals surface area contributed by atoms with Gasteiger partial charge in [-0.2, -0.15) is 0 Å². The lowest BCUT2D eigenvalue weighted by Crippen LogP contribution is -1.84. The largest absolute Gasteiger partial charge is 0.396 e. The highest BCUT2D eigenvalue weighted by atomic mass is 16.2. The van der Waals surface area contributed by atoms with Gasteiger partial charge in [0.15, 0.2) is 0 Å². The van der Waals surface area contributed by atoms with Crippen molar-refractivity contribution < 1.29 is 5.11 Å². The van der Waals surface area contributed by atoms with Crippen molar-refractivity contribution in [3.05, 3.63) is 24.8 Å². The molecular formula is C15H28O. The molecule has 0 fully saturated rings. The molecule has 0 amide bonds. The van der Waals surface area contributed by atoms with Crippen LogP contribution in [0.4, 0.5) is 0 Å². The first-order valence-electron chi connectivity index (χ1n) is 6.80. The van der Waals surface area contributed by atoms with Crippen molar-refractivity contribution in [2.24, 2.45) is 0 Å². The zero-order chi connectivity index (χ0) is 11.9. The van der Waals surface area contributed by atoms with E-state index in [1.807, 2.05) is 12.2 Å². The molecule has 0 aromatic carbocycles. The van der Waals surface area contributed by atoms with Gasteiger partial charge in [-0.25, -0.2) is 0 Å². The van der Waals surface area contributed by atoms with Gasteiger partial charge in [0, 0.05) is 6.61 Å². The third-order valence-corrected chi connectivity index (χ3v) is 2.80. The summed E-state index contributed by atoms with van der Waals surface area (Å²) in [6.07, 6.45) is 18.9. The molecule has 16 heavy (non-hydrogen) atoms. The summed E-state index contributed by atoms with van der Waals surface area (Å²) in [7, 11) is 0. The Morgan fingerprint density at radius 1 is 0.750 bits per heavy atom. The quantitative estimate of drug-likeness (QED) is 0.379. The van der Waals surface area contributed by atoms with Crippen molar-refractivity contribution in [2.75, 3.05) is 6.61 Å². The topological polar surface area (TPSA) is 20.2 Å². The van der Waals surface area contributed by atoms with Crippen LogP contribution in [0, 0.1) is 0 Å². The van der Waals surface area contributed by atoms with Gasteiger partial charge in [-0.05, 0) is 19.3 Å². The van der Waals surface area contributed by atoms with Gasteiger partial charge in [-0.15, -0.1) is 0 Å². The molecule has 1 N–H and O–H groups in total. The molecule has 0 aromatic rings. The number of hydrogen-bond donors (Lipinski definition) is 1. The second kappa shape index (κ2) is 14.4. The molecule has 0 aromatic heterocycles. The van der Waals surface area contributed by atoms with Crippen LogP contribution in [-0.4, -0.2) is 11.7 Å². The lowest BCUT2D eigenvalue weighted by atomic mass is 10.1. The molecule has 1 nitrogen and oxygen atoms in total. The van der Waals surface area contributed by atoms with Crippen molar-refractivity contribution in [3.63, 3.8) is 0 Å². The molecule has 0 heterocycles. The van der Waals surface area contributed by atoms with Gasteiger partial charge < -0.3 is 5.11 Å². The summed E-state index contributed by atoms with van der Waals surface area (Å²) in [5, 5.41) is 8.62. The van der Waals surface area contributed by atoms with Crippen LogP contribution < -0.4 is 0 Å². The lowest BCUT2D eigenvalue weighted by Gasteiger charge is -2.00. The summed E-state index contributed by atoms with van der Waals surface area (Å²) in [5.74, 6) is 0. The summed E-state index contributed by atoms with van der Waals surface area (Å²) in [6, 6.07) is 0. The van der Waals surface area contributed by atoms with Crippen LogP contribution in [0.2, 0.25) is 0 Å². The predicted molar refractivity (Wildman–Crippen MR) is 72.6 cm³/mol. The summed E-state index contributed by atoms with van der Waals surface area (Å²) in [4.78, 5) is 0. The van der Waals surface area contributed by atoms with Gasteiger partial charge in [0.2, 0.25) is 0 Å². The molecule has 0 saturated heterocycles. The highest BCUT2D eigenvalue weighted by molar-refractivity contribution is 4.96. The van der Waals surface area contributed by atoms with E-state index in [1.165, 1.54) is 57.8 Å². The molecule has 94 valence electrons. The second-order valence-electron chi connectivity index (χ2n) is 4.36. The standard InChI is InChI=1S/C15H28O/c1-2-3-4-5-6-7-8-9-10-11-12-13-14-15-16/h2-4,16H,1,5-15H2/b4-3+. The number of aliphatic hydroxyl groups is 1. The Morgan fingerprint density at radius 2 is 1.25 bits per heavy atom. The third-order valence-electron chi connectivity index (χ3n) is 2.80. The lowest BCUT2D eigenvalue weighted by molar-refractivity contribution is 0.282. The Kier molecular flexibility index (Phi) is 13.9. The number of unbranched alkanes of at least 4 members (excludes halogenated alkanes) is 9. The summed E-state index contributed by atoms with van der Waals surface area (Å²) in [5.41, 5.74) is 0. The van der Waals surface area contributed by atoms with Gasteiger partial charge in [-0.3, -0.25) is 0 Å². The predicted octanol–water partition coefficient (Wildman–Crippen LogP) is 4.62. The molecule has 0 saturated carbocycles. The molecule has 0 bridgehead atoms. The van der Waals surface area contributed by atoms with E-state index in [1.54, 1.807) is 0 Å². The van der Waals surface area contributed by atoms with Crippen LogP contribution in [0.1, 0.15) is 64.2 Å². The summed E-state index contributed by atoms with van der Waals surface area (Å²) < 4.78 is 0. The molecule has 0 unspecified atom stereocenters. The molecule has 0 rings (SSSR count). The van der Waals surface area contributed by atoms with E-state index in [-0.39, 0.29) is 0 Å².